The molecule has 0 aliphatic carbocycles. The molecule has 0 atom stereocenters. The maximum atomic E-state index is 12.1. The summed E-state index contributed by atoms with van der Waals surface area (Å²) in [6, 6.07) is 8.44. The monoisotopic (exact) mass is 365 g/mol. The summed E-state index contributed by atoms with van der Waals surface area (Å²) in [6.07, 6.45) is 0. The van der Waals surface area contributed by atoms with Gasteiger partial charge in [0.15, 0.2) is 10.4 Å². The summed E-state index contributed by atoms with van der Waals surface area (Å²) in [7, 11) is 0. The fourth-order valence-electron chi connectivity index (χ4n) is 1.95. The van der Waals surface area contributed by atoms with Crippen molar-refractivity contribution in [2.24, 2.45) is 0 Å². The Balaban J connectivity index is 2.17. The summed E-state index contributed by atoms with van der Waals surface area (Å²) < 4.78 is 5.78. The van der Waals surface area contributed by atoms with Crippen molar-refractivity contribution in [2.45, 2.75) is 26.2 Å². The van der Waals surface area contributed by atoms with Crippen molar-refractivity contribution >= 4 is 33.5 Å². The van der Waals surface area contributed by atoms with Gasteiger partial charge in [0.1, 0.15) is 0 Å². The highest BCUT2D eigenvalue weighted by molar-refractivity contribution is 9.10. The van der Waals surface area contributed by atoms with Crippen molar-refractivity contribution in [3.05, 3.63) is 51.9 Å². The minimum atomic E-state index is -0.981. The Hall–Kier alpha value is -2.08. The molecule has 1 heterocycles. The zero-order valence-corrected chi connectivity index (χ0v) is 14.0. The van der Waals surface area contributed by atoms with Crippen LogP contribution in [0.5, 0.6) is 0 Å². The number of carbonyl (C=O) groups is 2. The Kier molecular flexibility index (Phi) is 4.42. The molecule has 22 heavy (non-hydrogen) atoms. The molecule has 0 fully saturated rings. The van der Waals surface area contributed by atoms with Crippen LogP contribution in [0.2, 0.25) is 0 Å². The molecule has 5 nitrogen and oxygen atoms in total. The summed E-state index contributed by atoms with van der Waals surface area (Å²) in [4.78, 5) is 23.3. The fourth-order valence-corrected chi connectivity index (χ4v) is 2.46. The summed E-state index contributed by atoms with van der Waals surface area (Å²) in [5, 5.41) is 11.9. The van der Waals surface area contributed by atoms with E-state index in [-0.39, 0.29) is 11.7 Å². The Morgan fingerprint density at radius 2 is 1.82 bits per heavy atom. The zero-order chi connectivity index (χ0) is 16.5. The van der Waals surface area contributed by atoms with Gasteiger partial charge in [-0.25, -0.2) is 0 Å². The molecule has 1 amide bonds. The van der Waals surface area contributed by atoms with E-state index in [0.29, 0.717) is 15.9 Å². The molecule has 1 aromatic heterocycles. The maximum absolute atomic E-state index is 12.1. The predicted octanol–water partition coefficient (Wildman–Crippen LogP) is 3.97. The van der Waals surface area contributed by atoms with E-state index in [1.807, 2.05) is 0 Å². The predicted molar refractivity (Wildman–Crippen MR) is 86.2 cm³/mol. The van der Waals surface area contributed by atoms with Gasteiger partial charge in [-0.1, -0.05) is 12.1 Å². The van der Waals surface area contributed by atoms with E-state index in [1.165, 1.54) is 0 Å². The third-order valence-corrected chi connectivity index (χ3v) is 3.88. The molecule has 0 aliphatic rings. The van der Waals surface area contributed by atoms with Gasteiger partial charge < -0.3 is 14.8 Å². The lowest BCUT2D eigenvalue weighted by atomic mass is 9.85. The molecule has 6 heteroatoms. The van der Waals surface area contributed by atoms with Crippen molar-refractivity contribution in [1.29, 1.82) is 0 Å². The molecule has 2 aromatic rings. The van der Waals surface area contributed by atoms with Crippen LogP contribution in [0.25, 0.3) is 0 Å². The van der Waals surface area contributed by atoms with E-state index in [9.17, 15) is 14.7 Å². The molecule has 0 aliphatic heterocycles. The Bertz CT molecular complexity index is 716. The first-order valence-electron chi connectivity index (χ1n) is 6.63. The van der Waals surface area contributed by atoms with Gasteiger partial charge in [0, 0.05) is 11.3 Å². The number of carbonyl (C=O) groups excluding carboxylic acids is 1. The molecule has 0 spiro atoms. The second-order valence-corrected chi connectivity index (χ2v) is 6.31. The molecular formula is C16H16BrNO4. The first-order chi connectivity index (χ1) is 10.2. The Labute approximate surface area is 136 Å². The van der Waals surface area contributed by atoms with Gasteiger partial charge >= 0.3 is 5.97 Å². The van der Waals surface area contributed by atoms with Gasteiger partial charge in [-0.05, 0) is 60.5 Å². The number of amides is 1. The number of aliphatic carboxylic acids is 1. The smallest absolute Gasteiger partial charge is 0.313 e. The van der Waals surface area contributed by atoms with Gasteiger partial charge in [-0.15, -0.1) is 0 Å². The molecule has 116 valence electrons. The number of carboxylic acid groups (broad SMARTS) is 1. The van der Waals surface area contributed by atoms with Gasteiger partial charge in [0.25, 0.3) is 5.91 Å². The number of hydrogen-bond donors (Lipinski definition) is 2. The summed E-state index contributed by atoms with van der Waals surface area (Å²) in [6.45, 7) is 5.04. The number of carboxylic acids is 1. The van der Waals surface area contributed by atoms with E-state index < -0.39 is 11.4 Å². The standard InChI is InChI=1S/C16H16BrNO4/c1-9-8-12(17)22-13(9)14(19)18-11-6-4-10(5-7-11)16(2,3)15(20)21/h4-8H,1-3H3,(H,18,19)(H,20,21). The number of anilines is 1. The second kappa shape index (κ2) is 5.96. The van der Waals surface area contributed by atoms with Crippen molar-refractivity contribution in [3.8, 4) is 0 Å². The summed E-state index contributed by atoms with van der Waals surface area (Å²) in [5.41, 5.74) is 0.982. The topological polar surface area (TPSA) is 79.5 Å². The molecule has 0 unspecified atom stereocenters. The third kappa shape index (κ3) is 3.22. The Morgan fingerprint density at radius 1 is 1.23 bits per heavy atom. The van der Waals surface area contributed by atoms with Crippen LogP contribution in [0.3, 0.4) is 0 Å². The number of nitrogens with one attached hydrogen (secondary N) is 1. The highest BCUT2D eigenvalue weighted by atomic mass is 79.9. The highest BCUT2D eigenvalue weighted by Gasteiger charge is 2.29. The first-order valence-corrected chi connectivity index (χ1v) is 7.42. The average molecular weight is 366 g/mol. The van der Waals surface area contributed by atoms with E-state index in [4.69, 9.17) is 4.42 Å². The van der Waals surface area contributed by atoms with Crippen LogP contribution in [-0.2, 0) is 10.2 Å². The minimum Gasteiger partial charge on any atom is -0.481 e. The van der Waals surface area contributed by atoms with Crippen LogP contribution in [-0.4, -0.2) is 17.0 Å². The average Bonchev–Trinajstić information content (AvgIpc) is 2.78. The lowest BCUT2D eigenvalue weighted by molar-refractivity contribution is -0.142. The van der Waals surface area contributed by atoms with Crippen molar-refractivity contribution < 1.29 is 19.1 Å². The SMILES string of the molecule is Cc1cc(Br)oc1C(=O)Nc1ccc(C(C)(C)C(=O)O)cc1. The van der Waals surface area contributed by atoms with Crippen LogP contribution in [0.4, 0.5) is 5.69 Å². The third-order valence-electron chi connectivity index (χ3n) is 3.49. The number of furan rings is 1. The summed E-state index contributed by atoms with van der Waals surface area (Å²) in [5.74, 6) is -1.02. The van der Waals surface area contributed by atoms with Crippen LogP contribution >= 0.6 is 15.9 Å². The number of rotatable bonds is 4. The van der Waals surface area contributed by atoms with Gasteiger partial charge in [-0.3, -0.25) is 9.59 Å². The van der Waals surface area contributed by atoms with Gasteiger partial charge in [0.05, 0.1) is 5.41 Å². The van der Waals surface area contributed by atoms with E-state index in [1.54, 1.807) is 51.1 Å². The summed E-state index contributed by atoms with van der Waals surface area (Å²) >= 11 is 3.18. The highest BCUT2D eigenvalue weighted by Crippen LogP contribution is 2.25. The largest absolute Gasteiger partial charge is 0.481 e. The van der Waals surface area contributed by atoms with E-state index in [0.717, 1.165) is 5.56 Å². The van der Waals surface area contributed by atoms with Gasteiger partial charge in [-0.2, -0.15) is 0 Å². The number of hydrogen-bond acceptors (Lipinski definition) is 3. The normalized spacial score (nSPS) is 11.3. The van der Waals surface area contributed by atoms with Crippen molar-refractivity contribution in [3.63, 3.8) is 0 Å². The molecular weight excluding hydrogens is 350 g/mol. The zero-order valence-electron chi connectivity index (χ0n) is 12.4. The maximum Gasteiger partial charge on any atom is 0.313 e. The van der Waals surface area contributed by atoms with Gasteiger partial charge in [0.2, 0.25) is 0 Å². The fraction of sp³-hybridized carbons (Fsp3) is 0.250. The number of aryl methyl sites for hydroxylation is 1. The lowest BCUT2D eigenvalue weighted by Gasteiger charge is -2.19. The lowest BCUT2D eigenvalue weighted by Crippen LogP contribution is -2.28. The molecule has 1 aromatic carbocycles. The van der Waals surface area contributed by atoms with Crippen LogP contribution in [0.15, 0.2) is 39.4 Å². The molecule has 2 rings (SSSR count). The van der Waals surface area contributed by atoms with Crippen molar-refractivity contribution in [2.75, 3.05) is 5.32 Å². The first kappa shape index (κ1) is 16.3. The Morgan fingerprint density at radius 3 is 2.27 bits per heavy atom. The molecule has 0 saturated heterocycles. The molecule has 0 radical (unpaired) electrons. The molecule has 0 bridgehead atoms. The van der Waals surface area contributed by atoms with Crippen LogP contribution < -0.4 is 5.32 Å². The number of halogens is 1. The van der Waals surface area contributed by atoms with E-state index >= 15 is 0 Å². The number of benzene rings is 1. The van der Waals surface area contributed by atoms with Crippen LogP contribution in [0, 0.1) is 6.92 Å². The molecule has 2 N–H and O–H groups in total. The molecule has 0 saturated carbocycles. The van der Waals surface area contributed by atoms with E-state index in [2.05, 4.69) is 21.2 Å². The van der Waals surface area contributed by atoms with Crippen LogP contribution in [0.1, 0.15) is 35.5 Å². The minimum absolute atomic E-state index is 0.238. The second-order valence-electron chi connectivity index (χ2n) is 5.52. The quantitative estimate of drug-likeness (QED) is 0.858. The van der Waals surface area contributed by atoms with Crippen molar-refractivity contribution in [1.82, 2.24) is 0 Å².